The van der Waals surface area contributed by atoms with Gasteiger partial charge < -0.3 is 10.1 Å². The number of benzene rings is 2. The second-order valence-electron chi connectivity index (χ2n) is 6.01. The Balaban J connectivity index is 1.69. The van der Waals surface area contributed by atoms with Crippen LogP contribution in [0.3, 0.4) is 0 Å². The SMILES string of the molecule is C#CCOc1ccc(/C=C2/SC(=O)N(CC(=O)Nc3cccc(F)c3)C2=O)cc1Br. The third kappa shape index (κ3) is 5.28. The van der Waals surface area contributed by atoms with Crippen molar-refractivity contribution >= 4 is 56.5 Å². The third-order valence-electron chi connectivity index (χ3n) is 3.85. The smallest absolute Gasteiger partial charge is 0.294 e. The molecule has 30 heavy (non-hydrogen) atoms. The number of ether oxygens (including phenoxy) is 1. The summed E-state index contributed by atoms with van der Waals surface area (Å²) in [5.41, 5.74) is 0.893. The van der Waals surface area contributed by atoms with Gasteiger partial charge in [-0.3, -0.25) is 19.3 Å². The molecule has 3 rings (SSSR count). The van der Waals surface area contributed by atoms with Gasteiger partial charge in [-0.1, -0.05) is 18.1 Å². The Kier molecular flexibility index (Phi) is 6.92. The van der Waals surface area contributed by atoms with Crippen LogP contribution in [-0.4, -0.2) is 35.1 Å². The molecule has 0 spiro atoms. The zero-order valence-corrected chi connectivity index (χ0v) is 17.8. The van der Waals surface area contributed by atoms with E-state index in [1.54, 1.807) is 24.3 Å². The fourth-order valence-electron chi connectivity index (χ4n) is 2.54. The quantitative estimate of drug-likeness (QED) is 0.485. The van der Waals surface area contributed by atoms with E-state index in [4.69, 9.17) is 11.2 Å². The molecule has 6 nitrogen and oxygen atoms in total. The number of amides is 3. The number of carbonyl (C=O) groups excluding carboxylic acids is 3. The monoisotopic (exact) mass is 488 g/mol. The minimum absolute atomic E-state index is 0.120. The molecule has 2 aromatic rings. The molecule has 1 aliphatic heterocycles. The Bertz CT molecular complexity index is 1100. The zero-order chi connectivity index (χ0) is 21.7. The Hall–Kier alpha value is -3.09. The lowest BCUT2D eigenvalue weighted by Gasteiger charge is -2.12. The topological polar surface area (TPSA) is 75.7 Å². The fourth-order valence-corrected chi connectivity index (χ4v) is 3.89. The number of carbonyl (C=O) groups is 3. The normalized spacial score (nSPS) is 14.7. The van der Waals surface area contributed by atoms with E-state index in [1.165, 1.54) is 18.2 Å². The third-order valence-corrected chi connectivity index (χ3v) is 5.38. The van der Waals surface area contributed by atoms with E-state index in [2.05, 4.69) is 27.2 Å². The number of imide groups is 1. The molecule has 1 heterocycles. The minimum Gasteiger partial charge on any atom is -0.480 e. The van der Waals surface area contributed by atoms with Gasteiger partial charge in [0.2, 0.25) is 5.91 Å². The molecular weight excluding hydrogens is 475 g/mol. The molecule has 9 heteroatoms. The van der Waals surface area contributed by atoms with Crippen molar-refractivity contribution in [2.24, 2.45) is 0 Å². The van der Waals surface area contributed by atoms with Gasteiger partial charge in [0.1, 0.15) is 24.7 Å². The standard InChI is InChI=1S/C21H14BrFN2O4S/c1-2-8-29-17-7-6-13(9-16(17)22)10-18-20(27)25(21(28)30-18)12-19(26)24-15-5-3-4-14(23)11-15/h1,3-7,9-11H,8,12H2,(H,24,26)/b18-10+. The number of nitrogens with one attached hydrogen (secondary N) is 1. The van der Waals surface area contributed by atoms with Gasteiger partial charge in [0.15, 0.2) is 0 Å². The zero-order valence-electron chi connectivity index (χ0n) is 15.4. The summed E-state index contributed by atoms with van der Waals surface area (Å²) in [5, 5.41) is 1.90. The van der Waals surface area contributed by atoms with Crippen molar-refractivity contribution in [2.75, 3.05) is 18.5 Å². The van der Waals surface area contributed by atoms with Crippen LogP contribution in [-0.2, 0) is 9.59 Å². The van der Waals surface area contributed by atoms with Crippen LogP contribution in [0.2, 0.25) is 0 Å². The fraction of sp³-hybridized carbons (Fsp3) is 0.0952. The predicted octanol–water partition coefficient (Wildman–Crippen LogP) is 4.28. The number of rotatable bonds is 6. The summed E-state index contributed by atoms with van der Waals surface area (Å²) >= 11 is 4.10. The average molecular weight is 489 g/mol. The number of hydrogen-bond donors (Lipinski definition) is 1. The van der Waals surface area contributed by atoms with Crippen LogP contribution in [0, 0.1) is 18.2 Å². The highest BCUT2D eigenvalue weighted by Gasteiger charge is 2.36. The molecule has 0 saturated carbocycles. The number of anilines is 1. The molecule has 152 valence electrons. The van der Waals surface area contributed by atoms with E-state index >= 15 is 0 Å². The molecule has 0 aliphatic carbocycles. The molecule has 1 aliphatic rings. The molecule has 3 amide bonds. The van der Waals surface area contributed by atoms with Crippen LogP contribution in [0.15, 0.2) is 51.8 Å². The number of thioether (sulfide) groups is 1. The van der Waals surface area contributed by atoms with Crippen molar-refractivity contribution in [3.63, 3.8) is 0 Å². The lowest BCUT2D eigenvalue weighted by Crippen LogP contribution is -2.36. The van der Waals surface area contributed by atoms with Crippen molar-refractivity contribution in [3.05, 3.63) is 63.2 Å². The summed E-state index contributed by atoms with van der Waals surface area (Å²) in [7, 11) is 0. The first kappa shape index (κ1) is 21.6. The Labute approximate surface area is 184 Å². The molecule has 0 atom stereocenters. The molecular formula is C21H14BrFN2O4S. The highest BCUT2D eigenvalue weighted by atomic mass is 79.9. The first-order chi connectivity index (χ1) is 14.4. The van der Waals surface area contributed by atoms with E-state index in [0.717, 1.165) is 22.7 Å². The van der Waals surface area contributed by atoms with E-state index < -0.39 is 29.4 Å². The molecule has 0 bridgehead atoms. The summed E-state index contributed by atoms with van der Waals surface area (Å²) in [6.07, 6.45) is 6.72. The minimum atomic E-state index is -0.609. The second-order valence-corrected chi connectivity index (χ2v) is 7.86. The number of halogens is 2. The summed E-state index contributed by atoms with van der Waals surface area (Å²) in [4.78, 5) is 38.0. The molecule has 1 N–H and O–H groups in total. The molecule has 1 saturated heterocycles. The maximum atomic E-state index is 13.2. The van der Waals surface area contributed by atoms with Gasteiger partial charge in [-0.15, -0.1) is 6.42 Å². The van der Waals surface area contributed by atoms with Crippen LogP contribution in [0.1, 0.15) is 5.56 Å². The highest BCUT2D eigenvalue weighted by Crippen LogP contribution is 2.33. The highest BCUT2D eigenvalue weighted by molar-refractivity contribution is 9.10. The van der Waals surface area contributed by atoms with Crippen molar-refractivity contribution < 1.29 is 23.5 Å². The van der Waals surface area contributed by atoms with E-state index in [1.807, 2.05) is 0 Å². The second kappa shape index (κ2) is 9.61. The lowest BCUT2D eigenvalue weighted by atomic mass is 10.2. The van der Waals surface area contributed by atoms with Crippen LogP contribution in [0.25, 0.3) is 6.08 Å². The van der Waals surface area contributed by atoms with Crippen LogP contribution < -0.4 is 10.1 Å². The van der Waals surface area contributed by atoms with Crippen molar-refractivity contribution in [2.45, 2.75) is 0 Å². The van der Waals surface area contributed by atoms with E-state index in [9.17, 15) is 18.8 Å². The van der Waals surface area contributed by atoms with Crippen LogP contribution >= 0.6 is 27.7 Å². The molecule has 0 unspecified atom stereocenters. The maximum absolute atomic E-state index is 13.2. The Morgan fingerprint density at radius 3 is 2.80 bits per heavy atom. The first-order valence-corrected chi connectivity index (χ1v) is 10.1. The van der Waals surface area contributed by atoms with Crippen LogP contribution in [0.4, 0.5) is 14.9 Å². The number of nitrogens with zero attached hydrogens (tertiary/aromatic N) is 1. The first-order valence-electron chi connectivity index (χ1n) is 8.54. The van der Waals surface area contributed by atoms with Gasteiger partial charge in [-0.2, -0.15) is 0 Å². The van der Waals surface area contributed by atoms with E-state index in [0.29, 0.717) is 15.8 Å². The van der Waals surface area contributed by atoms with Crippen molar-refractivity contribution in [3.8, 4) is 18.1 Å². The van der Waals surface area contributed by atoms with E-state index in [-0.39, 0.29) is 17.2 Å². The van der Waals surface area contributed by atoms with Gasteiger partial charge in [0.25, 0.3) is 11.1 Å². The van der Waals surface area contributed by atoms with Gasteiger partial charge in [0.05, 0.1) is 9.38 Å². The molecule has 1 fully saturated rings. The number of hydrogen-bond acceptors (Lipinski definition) is 5. The van der Waals surface area contributed by atoms with Crippen molar-refractivity contribution in [1.82, 2.24) is 4.90 Å². The van der Waals surface area contributed by atoms with Gasteiger partial charge in [0, 0.05) is 5.69 Å². The Morgan fingerprint density at radius 2 is 2.10 bits per heavy atom. The Morgan fingerprint density at radius 1 is 1.30 bits per heavy atom. The summed E-state index contributed by atoms with van der Waals surface area (Å²) in [6, 6.07) is 10.4. The van der Waals surface area contributed by atoms with Gasteiger partial charge in [-0.25, -0.2) is 4.39 Å². The van der Waals surface area contributed by atoms with Crippen molar-refractivity contribution in [1.29, 1.82) is 0 Å². The molecule has 2 aromatic carbocycles. The molecule has 0 radical (unpaired) electrons. The largest absolute Gasteiger partial charge is 0.480 e. The summed E-state index contributed by atoms with van der Waals surface area (Å²) in [5.74, 6) is 1.22. The average Bonchev–Trinajstić information content (AvgIpc) is 2.95. The van der Waals surface area contributed by atoms with Crippen LogP contribution in [0.5, 0.6) is 5.75 Å². The predicted molar refractivity (Wildman–Crippen MR) is 116 cm³/mol. The molecule has 0 aromatic heterocycles. The lowest BCUT2D eigenvalue weighted by molar-refractivity contribution is -0.127. The number of terminal acetylenes is 1. The summed E-state index contributed by atoms with van der Waals surface area (Å²) < 4.78 is 19.2. The van der Waals surface area contributed by atoms with Gasteiger partial charge >= 0.3 is 0 Å². The van der Waals surface area contributed by atoms with Gasteiger partial charge in [-0.05, 0) is 69.7 Å². The summed E-state index contributed by atoms with van der Waals surface area (Å²) in [6.45, 7) is -0.352. The maximum Gasteiger partial charge on any atom is 0.294 e.